The third-order valence-electron chi connectivity index (χ3n) is 3.44. The number of hydrogen-bond donors (Lipinski definition) is 2. The minimum Gasteiger partial charge on any atom is -0.354 e. The number of halogens is 1. The Morgan fingerprint density at radius 2 is 1.50 bits per heavy atom. The van der Waals surface area contributed by atoms with Crippen LogP contribution in [0.4, 0.5) is 17.1 Å². The van der Waals surface area contributed by atoms with Crippen molar-refractivity contribution in [3.8, 4) is 0 Å². The van der Waals surface area contributed by atoms with Crippen molar-refractivity contribution < 1.29 is 4.79 Å². The Hall–Kier alpha value is -2.85. The maximum Gasteiger partial charge on any atom is 0.274 e. The monoisotopic (exact) mass is 337 g/mol. The first-order valence-corrected chi connectivity index (χ1v) is 7.84. The van der Waals surface area contributed by atoms with Crippen molar-refractivity contribution in [2.24, 2.45) is 0 Å². The Morgan fingerprint density at radius 3 is 2.12 bits per heavy atom. The average molecular weight is 338 g/mol. The molecule has 0 aliphatic carbocycles. The van der Waals surface area contributed by atoms with Crippen molar-refractivity contribution in [1.29, 1.82) is 0 Å². The second-order valence-corrected chi connectivity index (χ2v) is 5.82. The lowest BCUT2D eigenvalue weighted by atomic mass is 10.2. The second kappa shape index (κ2) is 7.15. The molecule has 3 rings (SSSR count). The molecule has 4 nitrogen and oxygen atoms in total. The van der Waals surface area contributed by atoms with Gasteiger partial charge in [-0.3, -0.25) is 4.79 Å². The summed E-state index contributed by atoms with van der Waals surface area (Å²) in [5.41, 5.74) is 3.94. The van der Waals surface area contributed by atoms with E-state index in [0.717, 1.165) is 22.6 Å². The summed E-state index contributed by atoms with van der Waals surface area (Å²) in [6.07, 6.45) is 1.62. The quantitative estimate of drug-likeness (QED) is 0.701. The molecule has 24 heavy (non-hydrogen) atoms. The number of nitrogens with zero attached hydrogens (tertiary/aromatic N) is 1. The summed E-state index contributed by atoms with van der Waals surface area (Å²) in [7, 11) is 0. The van der Waals surface area contributed by atoms with Crippen LogP contribution in [-0.2, 0) is 0 Å². The number of aromatic nitrogens is 1. The molecular weight excluding hydrogens is 322 g/mol. The van der Waals surface area contributed by atoms with Crippen LogP contribution >= 0.6 is 11.6 Å². The number of aryl methyl sites for hydroxylation is 1. The van der Waals surface area contributed by atoms with E-state index in [9.17, 15) is 4.79 Å². The fraction of sp³-hybridized carbons (Fsp3) is 0.0526. The Morgan fingerprint density at radius 1 is 0.875 bits per heavy atom. The molecule has 1 aromatic heterocycles. The molecule has 0 radical (unpaired) electrons. The van der Waals surface area contributed by atoms with Gasteiger partial charge in [0.15, 0.2) is 0 Å². The lowest BCUT2D eigenvalue weighted by Gasteiger charge is -2.08. The minimum absolute atomic E-state index is 0.239. The number of anilines is 3. The fourth-order valence-corrected chi connectivity index (χ4v) is 2.26. The van der Waals surface area contributed by atoms with Crippen LogP contribution in [0.5, 0.6) is 0 Å². The van der Waals surface area contributed by atoms with Crippen LogP contribution in [0.2, 0.25) is 5.02 Å². The predicted octanol–water partition coefficient (Wildman–Crippen LogP) is 5.04. The van der Waals surface area contributed by atoms with Crippen LogP contribution in [0.3, 0.4) is 0 Å². The summed E-state index contributed by atoms with van der Waals surface area (Å²) in [5, 5.41) is 6.71. The SMILES string of the molecule is Cc1ccc(NC(=O)c2ccc(Nc3ccc(Cl)cc3)cn2)cc1. The van der Waals surface area contributed by atoms with Gasteiger partial charge in [0, 0.05) is 16.4 Å². The van der Waals surface area contributed by atoms with Gasteiger partial charge in [0.2, 0.25) is 0 Å². The van der Waals surface area contributed by atoms with Crippen molar-refractivity contribution >= 4 is 34.6 Å². The summed E-state index contributed by atoms with van der Waals surface area (Å²) in [4.78, 5) is 16.4. The molecule has 0 bridgehead atoms. The molecule has 5 heteroatoms. The smallest absolute Gasteiger partial charge is 0.274 e. The molecule has 0 saturated carbocycles. The van der Waals surface area contributed by atoms with Crippen LogP contribution in [-0.4, -0.2) is 10.9 Å². The lowest BCUT2D eigenvalue weighted by Crippen LogP contribution is -2.13. The molecule has 0 unspecified atom stereocenters. The van der Waals surface area contributed by atoms with Crippen LogP contribution in [0.25, 0.3) is 0 Å². The molecule has 0 fully saturated rings. The van der Waals surface area contributed by atoms with E-state index in [1.807, 2.05) is 49.4 Å². The van der Waals surface area contributed by atoms with Crippen molar-refractivity contribution in [2.75, 3.05) is 10.6 Å². The van der Waals surface area contributed by atoms with E-state index in [1.54, 1.807) is 24.4 Å². The van der Waals surface area contributed by atoms with E-state index in [4.69, 9.17) is 11.6 Å². The molecule has 120 valence electrons. The Labute approximate surface area is 145 Å². The van der Waals surface area contributed by atoms with Crippen molar-refractivity contribution in [3.63, 3.8) is 0 Å². The van der Waals surface area contributed by atoms with Gasteiger partial charge in [-0.25, -0.2) is 4.98 Å². The third-order valence-corrected chi connectivity index (χ3v) is 3.69. The molecule has 2 N–H and O–H groups in total. The van der Waals surface area contributed by atoms with E-state index in [0.29, 0.717) is 10.7 Å². The molecule has 1 amide bonds. The average Bonchev–Trinajstić information content (AvgIpc) is 2.59. The summed E-state index contributed by atoms with van der Waals surface area (Å²) in [6.45, 7) is 2.00. The minimum atomic E-state index is -0.239. The Balaban J connectivity index is 1.66. The van der Waals surface area contributed by atoms with Gasteiger partial charge in [-0.2, -0.15) is 0 Å². The summed E-state index contributed by atoms with van der Waals surface area (Å²) >= 11 is 5.86. The molecule has 1 heterocycles. The Kier molecular flexibility index (Phi) is 4.77. The predicted molar refractivity (Wildman–Crippen MR) is 98.1 cm³/mol. The first-order chi connectivity index (χ1) is 11.6. The van der Waals surface area contributed by atoms with Crippen LogP contribution < -0.4 is 10.6 Å². The van der Waals surface area contributed by atoms with Crippen molar-refractivity contribution in [3.05, 3.63) is 83.1 Å². The van der Waals surface area contributed by atoms with Crippen molar-refractivity contribution in [2.45, 2.75) is 6.92 Å². The van der Waals surface area contributed by atoms with Gasteiger partial charge in [0.05, 0.1) is 11.9 Å². The van der Waals surface area contributed by atoms with Gasteiger partial charge in [-0.1, -0.05) is 29.3 Å². The number of nitrogens with one attached hydrogen (secondary N) is 2. The van der Waals surface area contributed by atoms with Gasteiger partial charge >= 0.3 is 0 Å². The summed E-state index contributed by atoms with van der Waals surface area (Å²) < 4.78 is 0. The largest absolute Gasteiger partial charge is 0.354 e. The van der Waals surface area contributed by atoms with Gasteiger partial charge in [0.1, 0.15) is 5.69 Å². The van der Waals surface area contributed by atoms with Gasteiger partial charge in [0.25, 0.3) is 5.91 Å². The van der Waals surface area contributed by atoms with Crippen LogP contribution in [0, 0.1) is 6.92 Å². The fourth-order valence-electron chi connectivity index (χ4n) is 2.13. The molecule has 0 atom stereocenters. The normalized spacial score (nSPS) is 10.2. The summed E-state index contributed by atoms with van der Waals surface area (Å²) in [6, 6.07) is 18.5. The van der Waals surface area contributed by atoms with Gasteiger partial charge in [-0.15, -0.1) is 0 Å². The van der Waals surface area contributed by atoms with E-state index < -0.39 is 0 Å². The number of carbonyl (C=O) groups excluding carboxylic acids is 1. The third kappa shape index (κ3) is 4.12. The first kappa shape index (κ1) is 16.0. The van der Waals surface area contributed by atoms with E-state index in [2.05, 4.69) is 15.6 Å². The molecule has 0 aliphatic rings. The molecular formula is C19H16ClN3O. The van der Waals surface area contributed by atoms with Crippen molar-refractivity contribution in [1.82, 2.24) is 4.98 Å². The van der Waals surface area contributed by atoms with E-state index >= 15 is 0 Å². The molecule has 0 saturated heterocycles. The second-order valence-electron chi connectivity index (χ2n) is 5.38. The van der Waals surface area contributed by atoms with E-state index in [-0.39, 0.29) is 5.91 Å². The Bertz CT molecular complexity index is 828. The highest BCUT2D eigenvalue weighted by atomic mass is 35.5. The zero-order valence-corrected chi connectivity index (χ0v) is 13.8. The number of hydrogen-bond acceptors (Lipinski definition) is 3. The number of benzene rings is 2. The highest BCUT2D eigenvalue weighted by molar-refractivity contribution is 6.30. The number of amides is 1. The maximum absolute atomic E-state index is 12.2. The molecule has 3 aromatic rings. The zero-order valence-electron chi connectivity index (χ0n) is 13.1. The number of pyridine rings is 1. The van der Waals surface area contributed by atoms with Gasteiger partial charge < -0.3 is 10.6 Å². The highest BCUT2D eigenvalue weighted by Crippen LogP contribution is 2.18. The summed E-state index contributed by atoms with van der Waals surface area (Å²) in [5.74, 6) is -0.239. The lowest BCUT2D eigenvalue weighted by molar-refractivity contribution is 0.102. The highest BCUT2D eigenvalue weighted by Gasteiger charge is 2.07. The molecule has 0 aliphatic heterocycles. The zero-order chi connectivity index (χ0) is 16.9. The van der Waals surface area contributed by atoms with Crippen LogP contribution in [0.1, 0.15) is 16.1 Å². The molecule has 0 spiro atoms. The maximum atomic E-state index is 12.2. The van der Waals surface area contributed by atoms with Crippen LogP contribution in [0.15, 0.2) is 66.9 Å². The number of rotatable bonds is 4. The molecule has 2 aromatic carbocycles. The van der Waals surface area contributed by atoms with Gasteiger partial charge in [-0.05, 0) is 55.5 Å². The first-order valence-electron chi connectivity index (χ1n) is 7.47. The van der Waals surface area contributed by atoms with E-state index in [1.165, 1.54) is 0 Å². The standard InChI is InChI=1S/C19H16ClN3O/c1-13-2-6-16(7-3-13)23-19(24)18-11-10-17(12-21-18)22-15-8-4-14(20)5-9-15/h2-12,22H,1H3,(H,23,24). The topological polar surface area (TPSA) is 54.0 Å². The number of carbonyl (C=O) groups is 1.